The second-order valence-corrected chi connectivity index (χ2v) is 29.2. The Balaban J connectivity index is -0.000000799. The first-order valence-corrected chi connectivity index (χ1v) is 28.9. The molecule has 0 radical (unpaired) electrons. The fourth-order valence-corrected chi connectivity index (χ4v) is 7.44. The Morgan fingerprint density at radius 2 is 1.10 bits per heavy atom. The van der Waals surface area contributed by atoms with E-state index in [4.69, 9.17) is 26.4 Å². The van der Waals surface area contributed by atoms with Gasteiger partial charge in [-0.25, -0.2) is 8.42 Å². The van der Waals surface area contributed by atoms with Crippen LogP contribution in [-0.4, -0.2) is 114 Å². The Morgan fingerprint density at radius 3 is 1.46 bits per heavy atom. The highest BCUT2D eigenvalue weighted by molar-refractivity contribution is 7.90. The molecule has 0 aromatic heterocycles. The number of likely N-dealkylation sites (tertiary alicyclic amines) is 2. The molecular formula is C60H115N3O7S. The van der Waals surface area contributed by atoms with E-state index in [0.29, 0.717) is 54.1 Å². The lowest BCUT2D eigenvalue weighted by Crippen LogP contribution is -2.51. The molecule has 0 spiro atoms. The van der Waals surface area contributed by atoms with Crippen LogP contribution in [0.3, 0.4) is 0 Å². The Bertz CT molecular complexity index is 1620. The number of primary amides is 1. The van der Waals surface area contributed by atoms with Crippen molar-refractivity contribution >= 4 is 21.7 Å². The number of ether oxygens (including phenoxy) is 3. The summed E-state index contributed by atoms with van der Waals surface area (Å²) in [7, 11) is -1.00. The molecule has 1 aromatic carbocycles. The van der Waals surface area contributed by atoms with Crippen molar-refractivity contribution in [2.45, 2.75) is 214 Å². The van der Waals surface area contributed by atoms with Gasteiger partial charge in [0.2, 0.25) is 11.8 Å². The van der Waals surface area contributed by atoms with Crippen molar-refractivity contribution in [2.24, 2.45) is 38.2 Å². The number of amides is 2. The lowest BCUT2D eigenvalue weighted by atomic mass is 9.89. The summed E-state index contributed by atoms with van der Waals surface area (Å²) in [6.07, 6.45) is 19.8. The van der Waals surface area contributed by atoms with Crippen LogP contribution in [0, 0.1) is 44.8 Å². The van der Waals surface area contributed by atoms with Crippen molar-refractivity contribution in [1.29, 1.82) is 0 Å². The molecule has 418 valence electrons. The molecule has 2 fully saturated rings. The number of piperidine rings is 1. The molecule has 71 heavy (non-hydrogen) atoms. The summed E-state index contributed by atoms with van der Waals surface area (Å²) in [5.74, 6) is 2.87. The summed E-state index contributed by atoms with van der Waals surface area (Å²) in [5.41, 5.74) is 8.31. The Morgan fingerprint density at radius 1 is 0.634 bits per heavy atom. The van der Waals surface area contributed by atoms with Gasteiger partial charge in [-0.05, 0) is 122 Å². The second kappa shape index (κ2) is 37.3. The minimum Gasteiger partial charge on any atom is -0.385 e. The van der Waals surface area contributed by atoms with Gasteiger partial charge < -0.3 is 29.7 Å². The molecular weight excluding hydrogens is 907 g/mol. The lowest BCUT2D eigenvalue weighted by Gasteiger charge is -2.43. The van der Waals surface area contributed by atoms with Crippen molar-refractivity contribution < 1.29 is 32.2 Å². The zero-order valence-corrected chi connectivity index (χ0v) is 50.9. The third kappa shape index (κ3) is 58.3. The number of carbonyl (C=O) groups is 2. The number of rotatable bonds is 18. The molecule has 11 heteroatoms. The third-order valence-corrected chi connectivity index (χ3v) is 12.4. The van der Waals surface area contributed by atoms with E-state index in [9.17, 15) is 18.0 Å². The molecule has 0 bridgehead atoms. The van der Waals surface area contributed by atoms with Crippen LogP contribution in [0.15, 0.2) is 30.3 Å². The van der Waals surface area contributed by atoms with Crippen molar-refractivity contribution in [3.05, 3.63) is 35.9 Å². The highest BCUT2D eigenvalue weighted by Gasteiger charge is 2.29. The zero-order chi connectivity index (χ0) is 55.6. The van der Waals surface area contributed by atoms with E-state index in [2.05, 4.69) is 150 Å². The quantitative estimate of drug-likeness (QED) is 0.114. The number of hydrogen-bond acceptors (Lipinski definition) is 8. The summed E-state index contributed by atoms with van der Waals surface area (Å²) in [6.45, 7) is 47.0. The first kappa shape index (κ1) is 72.8. The van der Waals surface area contributed by atoms with Gasteiger partial charge in [-0.15, -0.1) is 6.42 Å². The number of benzene rings is 1. The molecule has 0 unspecified atom stereocenters. The molecule has 10 nitrogen and oxygen atoms in total. The van der Waals surface area contributed by atoms with Gasteiger partial charge in [0.05, 0.1) is 19.0 Å². The van der Waals surface area contributed by atoms with Crippen molar-refractivity contribution in [1.82, 2.24) is 9.80 Å². The molecule has 0 aliphatic carbocycles. The van der Waals surface area contributed by atoms with Crippen molar-refractivity contribution in [2.75, 3.05) is 78.3 Å². The van der Waals surface area contributed by atoms with E-state index in [1.807, 2.05) is 20.8 Å². The van der Waals surface area contributed by atoms with Gasteiger partial charge in [-0.2, -0.15) is 0 Å². The van der Waals surface area contributed by atoms with Gasteiger partial charge >= 0.3 is 0 Å². The smallest absolute Gasteiger partial charge is 0.222 e. The Labute approximate surface area is 440 Å². The maximum atomic E-state index is 12.1. The average molecular weight is 1020 g/mol. The number of nitrogens with two attached hydrogens (primary N) is 1. The average Bonchev–Trinajstić information content (AvgIpc) is 3.20. The minimum atomic E-state index is -2.76. The predicted octanol–water partition coefficient (Wildman–Crippen LogP) is 13.5. The maximum absolute atomic E-state index is 12.1. The van der Waals surface area contributed by atoms with E-state index in [1.165, 1.54) is 69.9 Å². The third-order valence-electron chi connectivity index (χ3n) is 11.5. The van der Waals surface area contributed by atoms with Crippen LogP contribution in [0.5, 0.6) is 0 Å². The summed E-state index contributed by atoms with van der Waals surface area (Å²) < 4.78 is 36.7. The minimum absolute atomic E-state index is 0.128. The van der Waals surface area contributed by atoms with Gasteiger partial charge in [-0.1, -0.05) is 161 Å². The summed E-state index contributed by atoms with van der Waals surface area (Å²) in [5, 5.41) is 0. The number of carbonyl (C=O) groups excluding carboxylic acids is 2. The fraction of sp³-hybridized carbons (Fsp3) is 0.833. The number of hydrogen-bond donors (Lipinski definition) is 1. The van der Waals surface area contributed by atoms with Crippen LogP contribution in [0.2, 0.25) is 0 Å². The molecule has 2 aliphatic rings. The van der Waals surface area contributed by atoms with Gasteiger partial charge in [0.1, 0.15) is 16.4 Å². The van der Waals surface area contributed by atoms with Crippen molar-refractivity contribution in [3.63, 3.8) is 0 Å². The molecule has 1 aromatic rings. The van der Waals surface area contributed by atoms with Crippen LogP contribution in [0.4, 0.5) is 0 Å². The van der Waals surface area contributed by atoms with E-state index < -0.39 is 9.84 Å². The van der Waals surface area contributed by atoms with E-state index in [1.54, 1.807) is 7.11 Å². The molecule has 3 rings (SSSR count). The van der Waals surface area contributed by atoms with Crippen LogP contribution >= 0.6 is 0 Å². The second-order valence-electron chi connectivity index (χ2n) is 26.9. The highest BCUT2D eigenvalue weighted by atomic mass is 32.2. The van der Waals surface area contributed by atoms with Crippen LogP contribution in [0.25, 0.3) is 0 Å². The van der Waals surface area contributed by atoms with Gasteiger partial charge in [0, 0.05) is 58.6 Å². The van der Waals surface area contributed by atoms with E-state index in [0.717, 1.165) is 64.4 Å². The number of sulfone groups is 1. The zero-order valence-electron chi connectivity index (χ0n) is 50.0. The lowest BCUT2D eigenvalue weighted by molar-refractivity contribution is -0.133. The molecule has 0 saturated carbocycles. The number of methoxy groups -OCH3 is 1. The molecule has 2 heterocycles. The van der Waals surface area contributed by atoms with E-state index in [-0.39, 0.29) is 22.2 Å². The summed E-state index contributed by atoms with van der Waals surface area (Å²) in [4.78, 5) is 27.1. The predicted molar refractivity (Wildman–Crippen MR) is 305 cm³/mol. The molecule has 2 amide bonds. The van der Waals surface area contributed by atoms with E-state index >= 15 is 0 Å². The Kier molecular flexibility index (Phi) is 38.2. The topological polar surface area (TPSA) is 128 Å². The van der Waals surface area contributed by atoms with Gasteiger partial charge in [-0.3, -0.25) is 9.59 Å². The number of aryl methyl sites for hydroxylation is 1. The first-order chi connectivity index (χ1) is 32.3. The highest BCUT2D eigenvalue weighted by Crippen LogP contribution is 2.26. The summed E-state index contributed by atoms with van der Waals surface area (Å²) in [6, 6.07) is 11.4. The number of terminal acetylenes is 1. The Hall–Kier alpha value is -2.49. The first-order valence-electron chi connectivity index (χ1n) is 26.9. The SMILES string of the molecule is C#CCOCCOCCC(C)(C)C.CC(C)(C)CCC(=O)N1CCC(N2CCC2)CC1.CC(C)(C)CCC(N)=O.CC(C)(C)CCS(C)(=O)=O.CC(C)(C)CCc1ccccc1.COCCCC(C)(C)C. The fourth-order valence-electron chi connectivity index (χ4n) is 6.46. The number of nitrogens with zero attached hydrogens (tertiary/aromatic N) is 2. The van der Waals surface area contributed by atoms with Gasteiger partial charge in [0.15, 0.2) is 0 Å². The largest absolute Gasteiger partial charge is 0.385 e. The molecule has 2 aliphatic heterocycles. The normalized spacial score (nSPS) is 14.7. The van der Waals surface area contributed by atoms with Crippen LogP contribution in [0.1, 0.15) is 207 Å². The van der Waals surface area contributed by atoms with Crippen LogP contribution < -0.4 is 5.73 Å². The van der Waals surface area contributed by atoms with Crippen molar-refractivity contribution in [3.8, 4) is 12.3 Å². The standard InChI is InChI=1S/C15H28N2O.C12H18.C11H20O2.C8H18O.C7H15NO.C7H16O2S/c1-15(2,3)8-5-14(18)17-11-6-13(7-12-17)16-9-4-10-16;1-12(2,3)10-9-11-7-5-4-6-8-11;1-5-7-12-9-10-13-8-6-11(2,3)4;1-8(2,3)6-5-7-9-4;1-7(2,3)5-4-6(8)9;1-7(2,3)5-6-10(4,8)9/h13H,4-12H2,1-3H3;4-8H,9-10H2,1-3H3;1H,6-10H2,2-4H3;5-7H2,1-4H3;4-5H2,1-3H3,(H2,8,9);5-6H2,1-4H3. The monoisotopic (exact) mass is 1020 g/mol. The molecule has 2 N–H and O–H groups in total. The molecule has 0 atom stereocenters. The van der Waals surface area contributed by atoms with Crippen LogP contribution in [-0.2, 0) is 40.1 Å². The molecule has 2 saturated heterocycles. The maximum Gasteiger partial charge on any atom is 0.222 e. The summed E-state index contributed by atoms with van der Waals surface area (Å²) >= 11 is 0. The van der Waals surface area contributed by atoms with Gasteiger partial charge in [0.25, 0.3) is 0 Å².